The van der Waals surface area contributed by atoms with Gasteiger partial charge in [-0.3, -0.25) is 0 Å². The van der Waals surface area contributed by atoms with Crippen LogP contribution in [0, 0.1) is 0 Å². The van der Waals surface area contributed by atoms with Crippen molar-refractivity contribution in [1.29, 1.82) is 0 Å². The van der Waals surface area contributed by atoms with E-state index in [-0.39, 0.29) is 0 Å². The van der Waals surface area contributed by atoms with Gasteiger partial charge in [-0.05, 0) is 30.4 Å². The van der Waals surface area contributed by atoms with Crippen molar-refractivity contribution in [2.24, 2.45) is 5.73 Å². The summed E-state index contributed by atoms with van der Waals surface area (Å²) in [6.07, 6.45) is 3.57. The van der Waals surface area contributed by atoms with E-state index in [1.165, 1.54) is 24.0 Å². The first-order valence-corrected chi connectivity index (χ1v) is 4.60. The second kappa shape index (κ2) is 2.87. The van der Waals surface area contributed by atoms with Gasteiger partial charge < -0.3 is 5.73 Å². The largest absolute Gasteiger partial charge is 0.389 e. The molecule has 0 radical (unpaired) electrons. The Morgan fingerprint density at radius 2 is 2.17 bits per heavy atom. The summed E-state index contributed by atoms with van der Waals surface area (Å²) in [5, 5.41) is 0. The predicted octanol–water partition coefficient (Wildman–Crippen LogP) is 1.81. The first-order valence-electron chi connectivity index (χ1n) is 4.19. The first kappa shape index (κ1) is 7.74. The van der Waals surface area contributed by atoms with Crippen molar-refractivity contribution in [3.05, 3.63) is 34.9 Å². The van der Waals surface area contributed by atoms with Crippen molar-refractivity contribution < 1.29 is 0 Å². The SMILES string of the molecule is NC(=S)c1cccc2c1CCC2. The standard InChI is InChI=1S/C10H11NS/c11-10(12)9-6-2-4-7-3-1-5-8(7)9/h2,4,6H,1,3,5H2,(H2,11,12). The van der Waals surface area contributed by atoms with Gasteiger partial charge in [-0.1, -0.05) is 30.4 Å². The molecule has 62 valence electrons. The van der Waals surface area contributed by atoms with E-state index < -0.39 is 0 Å². The molecule has 0 saturated heterocycles. The first-order chi connectivity index (χ1) is 5.79. The molecule has 0 aliphatic heterocycles. The van der Waals surface area contributed by atoms with Crippen LogP contribution in [-0.2, 0) is 12.8 Å². The van der Waals surface area contributed by atoms with Gasteiger partial charge in [0, 0.05) is 5.56 Å². The Kier molecular flexibility index (Phi) is 1.85. The number of benzene rings is 1. The maximum Gasteiger partial charge on any atom is 0.104 e. The molecule has 0 heterocycles. The molecule has 0 atom stereocenters. The highest BCUT2D eigenvalue weighted by Gasteiger charge is 2.14. The Morgan fingerprint density at radius 1 is 1.33 bits per heavy atom. The van der Waals surface area contributed by atoms with E-state index in [2.05, 4.69) is 6.07 Å². The van der Waals surface area contributed by atoms with Crippen LogP contribution in [0.3, 0.4) is 0 Å². The molecule has 2 rings (SSSR count). The fourth-order valence-corrected chi connectivity index (χ4v) is 2.04. The second-order valence-corrected chi connectivity index (χ2v) is 3.60. The lowest BCUT2D eigenvalue weighted by molar-refractivity contribution is 0.911. The van der Waals surface area contributed by atoms with Crippen molar-refractivity contribution in [2.45, 2.75) is 19.3 Å². The lowest BCUT2D eigenvalue weighted by atomic mass is 10.0. The van der Waals surface area contributed by atoms with Crippen LogP contribution >= 0.6 is 12.2 Å². The van der Waals surface area contributed by atoms with Gasteiger partial charge in [0.05, 0.1) is 0 Å². The number of hydrogen-bond donors (Lipinski definition) is 1. The van der Waals surface area contributed by atoms with E-state index in [1.54, 1.807) is 0 Å². The monoisotopic (exact) mass is 177 g/mol. The zero-order valence-electron chi connectivity index (χ0n) is 6.84. The molecule has 0 spiro atoms. The summed E-state index contributed by atoms with van der Waals surface area (Å²) >= 11 is 4.98. The highest BCUT2D eigenvalue weighted by molar-refractivity contribution is 7.80. The third-order valence-electron chi connectivity index (χ3n) is 2.41. The molecule has 0 saturated carbocycles. The minimum absolute atomic E-state index is 0.536. The van der Waals surface area contributed by atoms with E-state index in [1.807, 2.05) is 12.1 Å². The van der Waals surface area contributed by atoms with Gasteiger partial charge >= 0.3 is 0 Å². The Bertz CT molecular complexity index is 331. The summed E-state index contributed by atoms with van der Waals surface area (Å²) in [6.45, 7) is 0. The van der Waals surface area contributed by atoms with E-state index in [0.717, 1.165) is 12.0 Å². The predicted molar refractivity (Wildman–Crippen MR) is 54.4 cm³/mol. The van der Waals surface area contributed by atoms with Gasteiger partial charge in [0.25, 0.3) is 0 Å². The van der Waals surface area contributed by atoms with Crippen molar-refractivity contribution in [2.75, 3.05) is 0 Å². The summed E-state index contributed by atoms with van der Waals surface area (Å²) in [5.74, 6) is 0. The topological polar surface area (TPSA) is 26.0 Å². The molecular weight excluding hydrogens is 166 g/mol. The fraction of sp³-hybridized carbons (Fsp3) is 0.300. The zero-order chi connectivity index (χ0) is 8.55. The van der Waals surface area contributed by atoms with Gasteiger partial charge in [0.2, 0.25) is 0 Å². The van der Waals surface area contributed by atoms with Crippen LogP contribution in [0.4, 0.5) is 0 Å². The van der Waals surface area contributed by atoms with Crippen molar-refractivity contribution in [3.63, 3.8) is 0 Å². The molecular formula is C10H11NS. The Morgan fingerprint density at radius 3 is 2.92 bits per heavy atom. The number of fused-ring (bicyclic) bond motifs is 1. The van der Waals surface area contributed by atoms with Crippen molar-refractivity contribution >= 4 is 17.2 Å². The second-order valence-electron chi connectivity index (χ2n) is 3.16. The maximum absolute atomic E-state index is 5.62. The van der Waals surface area contributed by atoms with Crippen LogP contribution in [0.15, 0.2) is 18.2 Å². The zero-order valence-corrected chi connectivity index (χ0v) is 7.66. The highest BCUT2D eigenvalue weighted by Crippen LogP contribution is 2.24. The molecule has 0 unspecified atom stereocenters. The van der Waals surface area contributed by atoms with Crippen LogP contribution < -0.4 is 5.73 Å². The number of aryl methyl sites for hydroxylation is 1. The maximum atomic E-state index is 5.62. The molecule has 12 heavy (non-hydrogen) atoms. The van der Waals surface area contributed by atoms with Gasteiger partial charge in [-0.15, -0.1) is 0 Å². The number of hydrogen-bond acceptors (Lipinski definition) is 1. The van der Waals surface area contributed by atoms with Gasteiger partial charge in [-0.25, -0.2) is 0 Å². The van der Waals surface area contributed by atoms with Crippen LogP contribution in [-0.4, -0.2) is 4.99 Å². The Balaban J connectivity index is 2.56. The molecule has 0 fully saturated rings. The third-order valence-corrected chi connectivity index (χ3v) is 2.63. The smallest absolute Gasteiger partial charge is 0.104 e. The minimum atomic E-state index is 0.536. The summed E-state index contributed by atoms with van der Waals surface area (Å²) < 4.78 is 0. The molecule has 1 aliphatic rings. The summed E-state index contributed by atoms with van der Waals surface area (Å²) in [6, 6.07) is 6.23. The minimum Gasteiger partial charge on any atom is -0.389 e. The number of nitrogens with two attached hydrogens (primary N) is 1. The number of thiocarbonyl (C=S) groups is 1. The van der Waals surface area contributed by atoms with Crippen LogP contribution in [0.1, 0.15) is 23.1 Å². The summed E-state index contributed by atoms with van der Waals surface area (Å²) in [7, 11) is 0. The Hall–Kier alpha value is -0.890. The lowest BCUT2D eigenvalue weighted by Gasteiger charge is -2.05. The van der Waals surface area contributed by atoms with Crippen LogP contribution in [0.25, 0.3) is 0 Å². The van der Waals surface area contributed by atoms with Gasteiger partial charge in [0.1, 0.15) is 4.99 Å². The summed E-state index contributed by atoms with van der Waals surface area (Å²) in [4.78, 5) is 0.536. The van der Waals surface area contributed by atoms with E-state index in [9.17, 15) is 0 Å². The fourth-order valence-electron chi connectivity index (χ4n) is 1.85. The molecule has 2 N–H and O–H groups in total. The molecule has 1 aromatic rings. The molecule has 2 heteroatoms. The average Bonchev–Trinajstić information content (AvgIpc) is 2.49. The molecule has 1 nitrogen and oxygen atoms in total. The average molecular weight is 177 g/mol. The van der Waals surface area contributed by atoms with E-state index >= 15 is 0 Å². The molecule has 0 aromatic heterocycles. The number of rotatable bonds is 1. The Labute approximate surface area is 77.6 Å². The van der Waals surface area contributed by atoms with Crippen molar-refractivity contribution in [1.82, 2.24) is 0 Å². The van der Waals surface area contributed by atoms with Crippen LogP contribution in [0.2, 0.25) is 0 Å². The lowest BCUT2D eigenvalue weighted by Crippen LogP contribution is -2.11. The van der Waals surface area contributed by atoms with E-state index in [0.29, 0.717) is 4.99 Å². The highest BCUT2D eigenvalue weighted by atomic mass is 32.1. The van der Waals surface area contributed by atoms with Gasteiger partial charge in [-0.2, -0.15) is 0 Å². The normalized spacial score (nSPS) is 14.3. The summed E-state index contributed by atoms with van der Waals surface area (Å²) in [5.41, 5.74) is 9.51. The third kappa shape index (κ3) is 1.12. The molecule has 0 bridgehead atoms. The molecule has 1 aliphatic carbocycles. The van der Waals surface area contributed by atoms with Gasteiger partial charge in [0.15, 0.2) is 0 Å². The van der Waals surface area contributed by atoms with Crippen LogP contribution in [0.5, 0.6) is 0 Å². The molecule has 0 amide bonds. The van der Waals surface area contributed by atoms with E-state index in [4.69, 9.17) is 18.0 Å². The quantitative estimate of drug-likeness (QED) is 0.662. The van der Waals surface area contributed by atoms with Crippen molar-refractivity contribution in [3.8, 4) is 0 Å². The molecule has 1 aromatic carbocycles.